The number of rotatable bonds is 4. The molecule has 1 saturated carbocycles. The number of likely N-dealkylation sites (tertiary alicyclic amines) is 1. The van der Waals surface area contributed by atoms with Crippen molar-refractivity contribution in [2.75, 3.05) is 18.8 Å². The average molecular weight is 436 g/mol. The number of ether oxygens (including phenoxy) is 1. The highest BCUT2D eigenvalue weighted by atomic mass is 32.2. The highest BCUT2D eigenvalue weighted by molar-refractivity contribution is 8.01. The number of thioether (sulfide) groups is 1. The number of aliphatic carboxylic acids is 1. The second-order valence-corrected chi connectivity index (χ2v) is 8.87. The van der Waals surface area contributed by atoms with Crippen molar-refractivity contribution in [1.82, 2.24) is 9.88 Å². The predicted octanol–water partition coefficient (Wildman–Crippen LogP) is 2.82. The molecular formula is C18H20F4N2O4S. The number of amides is 1. The van der Waals surface area contributed by atoms with E-state index < -0.39 is 17.8 Å². The van der Waals surface area contributed by atoms with Crippen LogP contribution >= 0.6 is 11.8 Å². The van der Waals surface area contributed by atoms with Crippen molar-refractivity contribution >= 4 is 23.6 Å². The molecule has 1 atom stereocenters. The van der Waals surface area contributed by atoms with Crippen molar-refractivity contribution in [3.63, 3.8) is 0 Å². The number of carbonyl (C=O) groups is 2. The fraction of sp³-hybridized carbons (Fsp3) is 0.611. The number of hydrogen-bond donors (Lipinski definition) is 1. The number of hydrogen-bond acceptors (Lipinski definition) is 5. The summed E-state index contributed by atoms with van der Waals surface area (Å²) in [5.41, 5.74) is -0.591. The maximum atomic E-state index is 13.8. The molecule has 4 rings (SSSR count). The Labute approximate surface area is 168 Å². The third-order valence-electron chi connectivity index (χ3n) is 4.93. The maximum Gasteiger partial charge on any atom is 0.490 e. The molecule has 3 fully saturated rings. The molecule has 3 heterocycles. The van der Waals surface area contributed by atoms with Crippen LogP contribution in [0.25, 0.3) is 0 Å². The van der Waals surface area contributed by atoms with Crippen molar-refractivity contribution < 1.29 is 37.0 Å². The predicted molar refractivity (Wildman–Crippen MR) is 96.0 cm³/mol. The molecule has 29 heavy (non-hydrogen) atoms. The zero-order valence-corrected chi connectivity index (χ0v) is 16.1. The van der Waals surface area contributed by atoms with Gasteiger partial charge in [-0.2, -0.15) is 13.2 Å². The lowest BCUT2D eigenvalue weighted by Crippen LogP contribution is -2.62. The lowest BCUT2D eigenvalue weighted by Gasteiger charge is -2.48. The number of aromatic nitrogens is 1. The lowest BCUT2D eigenvalue weighted by atomic mass is 9.92. The number of carbonyl (C=O) groups excluding carboxylic acids is 1. The van der Waals surface area contributed by atoms with E-state index in [0.29, 0.717) is 32.5 Å². The van der Waals surface area contributed by atoms with Crippen LogP contribution in [0.1, 0.15) is 25.0 Å². The van der Waals surface area contributed by atoms with Gasteiger partial charge >= 0.3 is 12.1 Å². The first kappa shape index (κ1) is 21.8. The minimum Gasteiger partial charge on any atom is -0.475 e. The second-order valence-electron chi connectivity index (χ2n) is 7.38. The van der Waals surface area contributed by atoms with E-state index in [-0.39, 0.29) is 16.8 Å². The van der Waals surface area contributed by atoms with Crippen LogP contribution in [0, 0.1) is 0 Å². The molecular weight excluding hydrogens is 416 g/mol. The summed E-state index contributed by atoms with van der Waals surface area (Å²) in [5.74, 6) is -2.11. The summed E-state index contributed by atoms with van der Waals surface area (Å²) in [7, 11) is 0. The van der Waals surface area contributed by atoms with Gasteiger partial charge in [-0.25, -0.2) is 9.18 Å². The second kappa shape index (κ2) is 8.10. The summed E-state index contributed by atoms with van der Waals surface area (Å²) in [4.78, 5) is 26.8. The minimum absolute atomic E-state index is 0.0929. The number of carboxylic acid groups (broad SMARTS) is 1. The van der Waals surface area contributed by atoms with E-state index in [9.17, 15) is 22.4 Å². The Bertz CT molecular complexity index is 752. The fourth-order valence-electron chi connectivity index (χ4n) is 3.22. The van der Waals surface area contributed by atoms with E-state index in [0.717, 1.165) is 17.9 Å². The number of alkyl halides is 4. The monoisotopic (exact) mass is 436 g/mol. The van der Waals surface area contributed by atoms with Gasteiger partial charge in [-0.3, -0.25) is 9.78 Å². The topological polar surface area (TPSA) is 79.7 Å². The zero-order chi connectivity index (χ0) is 21.3. The molecule has 1 spiro atoms. The van der Waals surface area contributed by atoms with Gasteiger partial charge in [0.2, 0.25) is 0 Å². The molecule has 3 aliphatic rings. The standard InChI is InChI=1S/C16H19FN2O2S.C2HF3O2/c17-16(4-5-16)14(20)19-10-15(11-19)7-13(9-22-15)21-8-12-3-1-2-6-18-12;3-2(4,5)1(6)7/h1-3,6,13H,4-5,7-11H2;(H,6,7). The zero-order valence-electron chi connectivity index (χ0n) is 15.3. The Hall–Kier alpha value is -1.88. The minimum atomic E-state index is -5.08. The van der Waals surface area contributed by atoms with Gasteiger partial charge in [0.25, 0.3) is 5.91 Å². The summed E-state index contributed by atoms with van der Waals surface area (Å²) in [6.45, 7) is 1.87. The summed E-state index contributed by atoms with van der Waals surface area (Å²) >= 11 is 1.87. The molecule has 1 aromatic heterocycles. The summed E-state index contributed by atoms with van der Waals surface area (Å²) in [5, 5.41) is 7.12. The molecule has 1 aliphatic carbocycles. The smallest absolute Gasteiger partial charge is 0.475 e. The Morgan fingerprint density at radius 2 is 1.97 bits per heavy atom. The van der Waals surface area contributed by atoms with Crippen LogP contribution in [-0.2, 0) is 20.9 Å². The molecule has 6 nitrogen and oxygen atoms in total. The van der Waals surface area contributed by atoms with E-state index >= 15 is 0 Å². The molecule has 160 valence electrons. The molecule has 1 N–H and O–H groups in total. The molecule has 2 saturated heterocycles. The Morgan fingerprint density at radius 3 is 2.48 bits per heavy atom. The van der Waals surface area contributed by atoms with Gasteiger partial charge in [0.05, 0.1) is 23.2 Å². The number of pyridine rings is 1. The first-order valence-corrected chi connectivity index (χ1v) is 9.95. The summed E-state index contributed by atoms with van der Waals surface area (Å²) in [6, 6.07) is 5.80. The van der Waals surface area contributed by atoms with Gasteiger partial charge in [-0.1, -0.05) is 6.07 Å². The van der Waals surface area contributed by atoms with Crippen LogP contribution in [-0.4, -0.2) is 68.4 Å². The number of halogens is 4. The van der Waals surface area contributed by atoms with Gasteiger partial charge in [0.15, 0.2) is 5.67 Å². The van der Waals surface area contributed by atoms with Crippen LogP contribution in [0.3, 0.4) is 0 Å². The SMILES string of the molecule is O=C(N1CC2(CC(OCc3ccccn3)CS2)C1)C1(F)CC1.O=C(O)C(F)(F)F. The van der Waals surface area contributed by atoms with Gasteiger partial charge in [0, 0.05) is 25.0 Å². The van der Waals surface area contributed by atoms with Crippen LogP contribution in [0.5, 0.6) is 0 Å². The van der Waals surface area contributed by atoms with Crippen LogP contribution in [0.15, 0.2) is 24.4 Å². The summed E-state index contributed by atoms with van der Waals surface area (Å²) < 4.78 is 51.6. The van der Waals surface area contributed by atoms with Crippen molar-refractivity contribution in [3.8, 4) is 0 Å². The van der Waals surface area contributed by atoms with Crippen molar-refractivity contribution in [2.24, 2.45) is 0 Å². The fourth-order valence-corrected chi connectivity index (χ4v) is 4.77. The third kappa shape index (κ3) is 5.39. The summed E-state index contributed by atoms with van der Waals surface area (Å²) in [6.07, 6.45) is -1.38. The molecule has 0 aromatic carbocycles. The van der Waals surface area contributed by atoms with Crippen LogP contribution in [0.2, 0.25) is 0 Å². The van der Waals surface area contributed by atoms with Crippen molar-refractivity contribution in [2.45, 2.75) is 48.6 Å². The number of nitrogens with zero attached hydrogens (tertiary/aromatic N) is 2. The van der Waals surface area contributed by atoms with E-state index in [1.54, 1.807) is 11.1 Å². The van der Waals surface area contributed by atoms with E-state index in [2.05, 4.69) is 4.98 Å². The molecule has 0 radical (unpaired) electrons. The molecule has 1 aromatic rings. The van der Waals surface area contributed by atoms with Gasteiger partial charge in [-0.15, -0.1) is 11.8 Å². The van der Waals surface area contributed by atoms with Gasteiger partial charge in [-0.05, 0) is 31.4 Å². The Balaban J connectivity index is 0.000000298. The molecule has 0 bridgehead atoms. The van der Waals surface area contributed by atoms with Gasteiger partial charge in [0.1, 0.15) is 0 Å². The Morgan fingerprint density at radius 1 is 1.31 bits per heavy atom. The molecule has 1 amide bonds. The van der Waals surface area contributed by atoms with Crippen molar-refractivity contribution in [3.05, 3.63) is 30.1 Å². The lowest BCUT2D eigenvalue weighted by molar-refractivity contribution is -0.192. The molecule has 1 unspecified atom stereocenters. The van der Waals surface area contributed by atoms with E-state index in [1.807, 2.05) is 30.0 Å². The third-order valence-corrected chi connectivity index (χ3v) is 6.50. The van der Waals surface area contributed by atoms with Gasteiger partial charge < -0.3 is 14.7 Å². The number of carboxylic acids is 1. The normalized spacial score (nSPS) is 23.7. The molecule has 2 aliphatic heterocycles. The highest BCUT2D eigenvalue weighted by Crippen LogP contribution is 2.49. The van der Waals surface area contributed by atoms with Crippen LogP contribution < -0.4 is 0 Å². The highest BCUT2D eigenvalue weighted by Gasteiger charge is 2.59. The van der Waals surface area contributed by atoms with Crippen LogP contribution in [0.4, 0.5) is 17.6 Å². The first-order valence-electron chi connectivity index (χ1n) is 8.97. The molecule has 11 heteroatoms. The maximum absolute atomic E-state index is 13.8. The largest absolute Gasteiger partial charge is 0.490 e. The van der Waals surface area contributed by atoms with E-state index in [1.165, 1.54) is 0 Å². The quantitative estimate of drug-likeness (QED) is 0.732. The first-order chi connectivity index (χ1) is 13.5. The average Bonchev–Trinajstić information content (AvgIpc) is 3.25. The van der Waals surface area contributed by atoms with E-state index in [4.69, 9.17) is 14.6 Å². The van der Waals surface area contributed by atoms with Crippen molar-refractivity contribution in [1.29, 1.82) is 0 Å². The Kier molecular flexibility index (Phi) is 6.09.